The van der Waals surface area contributed by atoms with E-state index in [0.717, 1.165) is 41.6 Å². The average Bonchev–Trinajstić information content (AvgIpc) is 3.42. The first kappa shape index (κ1) is 18.4. The number of carbonyl (C=O) groups is 1. The highest BCUT2D eigenvalue weighted by Crippen LogP contribution is 2.28. The predicted molar refractivity (Wildman–Crippen MR) is 106 cm³/mol. The third kappa shape index (κ3) is 5.56. The third-order valence-corrected chi connectivity index (χ3v) is 4.84. The Morgan fingerprint density at radius 3 is 2.69 bits per heavy atom. The number of guanidine groups is 1. The van der Waals surface area contributed by atoms with Crippen LogP contribution < -0.4 is 16.0 Å². The summed E-state index contributed by atoms with van der Waals surface area (Å²) < 4.78 is 0. The normalized spacial score (nSPS) is 14.1. The summed E-state index contributed by atoms with van der Waals surface area (Å²) in [6.45, 7) is 4.60. The van der Waals surface area contributed by atoms with Crippen LogP contribution in [0.4, 0.5) is 0 Å². The Hall–Kier alpha value is -2.41. The second kappa shape index (κ2) is 9.33. The summed E-state index contributed by atoms with van der Waals surface area (Å²) in [5.41, 5.74) is 2.11. The number of carbonyl (C=O) groups excluding carboxylic acids is 1. The zero-order chi connectivity index (χ0) is 18.2. The molecule has 7 heteroatoms. The van der Waals surface area contributed by atoms with Crippen molar-refractivity contribution in [3.8, 4) is 11.3 Å². The molecule has 1 aliphatic carbocycles. The predicted octanol–water partition coefficient (Wildman–Crippen LogP) is 2.39. The number of hydrogen-bond donors (Lipinski definition) is 3. The zero-order valence-corrected chi connectivity index (χ0v) is 15.8. The molecule has 3 rings (SSSR count). The number of benzene rings is 1. The number of nitrogens with one attached hydrogen (secondary N) is 3. The summed E-state index contributed by atoms with van der Waals surface area (Å²) in [7, 11) is 0. The minimum atomic E-state index is 0.171. The molecular formula is C19H25N5OS. The quantitative estimate of drug-likeness (QED) is 0.378. The van der Waals surface area contributed by atoms with Crippen LogP contribution in [0.3, 0.4) is 0 Å². The number of amides is 1. The van der Waals surface area contributed by atoms with Gasteiger partial charge in [-0.2, -0.15) is 0 Å². The lowest BCUT2D eigenvalue weighted by Crippen LogP contribution is -2.41. The van der Waals surface area contributed by atoms with Crippen LogP contribution in [-0.2, 0) is 11.3 Å². The van der Waals surface area contributed by atoms with Gasteiger partial charge in [-0.15, -0.1) is 11.3 Å². The Balaban J connectivity index is 1.48. The van der Waals surface area contributed by atoms with Crippen molar-refractivity contribution in [3.05, 3.63) is 40.7 Å². The molecule has 1 fully saturated rings. The van der Waals surface area contributed by atoms with Gasteiger partial charge in [0.25, 0.3) is 0 Å². The van der Waals surface area contributed by atoms with Crippen molar-refractivity contribution in [2.75, 3.05) is 19.6 Å². The van der Waals surface area contributed by atoms with Crippen molar-refractivity contribution in [3.63, 3.8) is 0 Å². The van der Waals surface area contributed by atoms with Gasteiger partial charge in [0, 0.05) is 36.5 Å². The van der Waals surface area contributed by atoms with Crippen LogP contribution in [-0.4, -0.2) is 36.5 Å². The lowest BCUT2D eigenvalue weighted by molar-refractivity contribution is -0.122. The van der Waals surface area contributed by atoms with E-state index in [-0.39, 0.29) is 11.8 Å². The van der Waals surface area contributed by atoms with Gasteiger partial charge in [0.1, 0.15) is 5.01 Å². The van der Waals surface area contributed by atoms with E-state index in [9.17, 15) is 4.79 Å². The van der Waals surface area contributed by atoms with E-state index in [4.69, 9.17) is 0 Å². The molecule has 1 amide bonds. The molecule has 3 N–H and O–H groups in total. The van der Waals surface area contributed by atoms with E-state index >= 15 is 0 Å². The van der Waals surface area contributed by atoms with E-state index in [1.54, 1.807) is 11.3 Å². The van der Waals surface area contributed by atoms with Crippen LogP contribution in [0.5, 0.6) is 0 Å². The Kier molecular flexibility index (Phi) is 6.60. The van der Waals surface area contributed by atoms with Crippen molar-refractivity contribution in [2.24, 2.45) is 10.9 Å². The van der Waals surface area contributed by atoms with E-state index in [1.807, 2.05) is 25.1 Å². The molecule has 138 valence electrons. The van der Waals surface area contributed by atoms with Gasteiger partial charge in [-0.1, -0.05) is 30.3 Å². The topological polar surface area (TPSA) is 78.4 Å². The molecule has 6 nitrogen and oxygen atoms in total. The smallest absolute Gasteiger partial charge is 0.223 e. The largest absolute Gasteiger partial charge is 0.357 e. The Bertz CT molecular complexity index is 739. The van der Waals surface area contributed by atoms with Gasteiger partial charge in [-0.05, 0) is 19.8 Å². The van der Waals surface area contributed by atoms with Crippen molar-refractivity contribution in [1.29, 1.82) is 0 Å². The van der Waals surface area contributed by atoms with Crippen LogP contribution in [0.2, 0.25) is 0 Å². The molecule has 0 unspecified atom stereocenters. The lowest BCUT2D eigenvalue weighted by Gasteiger charge is -2.11. The highest BCUT2D eigenvalue weighted by Gasteiger charge is 2.28. The first-order valence-electron chi connectivity index (χ1n) is 9.06. The highest BCUT2D eigenvalue weighted by atomic mass is 32.1. The van der Waals surface area contributed by atoms with Crippen LogP contribution in [0.15, 0.2) is 40.7 Å². The van der Waals surface area contributed by atoms with E-state index in [0.29, 0.717) is 19.6 Å². The van der Waals surface area contributed by atoms with Crippen molar-refractivity contribution in [2.45, 2.75) is 26.3 Å². The number of aromatic nitrogens is 1. The molecule has 1 heterocycles. The molecule has 1 aromatic carbocycles. The fourth-order valence-electron chi connectivity index (χ4n) is 2.47. The summed E-state index contributed by atoms with van der Waals surface area (Å²) in [5, 5.41) is 12.4. The molecule has 2 aromatic rings. The maximum atomic E-state index is 11.6. The maximum Gasteiger partial charge on any atom is 0.223 e. The molecule has 0 aliphatic heterocycles. The van der Waals surface area contributed by atoms with Crippen molar-refractivity contribution < 1.29 is 4.79 Å². The molecule has 0 radical (unpaired) electrons. The number of thiazole rings is 1. The molecule has 1 aromatic heterocycles. The molecule has 1 saturated carbocycles. The Morgan fingerprint density at radius 1 is 1.19 bits per heavy atom. The van der Waals surface area contributed by atoms with Crippen molar-refractivity contribution in [1.82, 2.24) is 20.9 Å². The zero-order valence-electron chi connectivity index (χ0n) is 15.0. The van der Waals surface area contributed by atoms with Gasteiger partial charge in [0.05, 0.1) is 12.2 Å². The fraction of sp³-hybridized carbons (Fsp3) is 0.421. The van der Waals surface area contributed by atoms with E-state index in [1.165, 1.54) is 0 Å². The summed E-state index contributed by atoms with van der Waals surface area (Å²) in [4.78, 5) is 20.9. The van der Waals surface area contributed by atoms with Crippen LogP contribution in [0.1, 0.15) is 24.8 Å². The molecule has 0 bridgehead atoms. The SMILES string of the molecule is CCNC(=NCc1nc(-c2ccccc2)cs1)NCCNC(=O)C1CC1. The van der Waals surface area contributed by atoms with Gasteiger partial charge in [-0.25, -0.2) is 9.98 Å². The second-order valence-electron chi connectivity index (χ2n) is 6.18. The Morgan fingerprint density at radius 2 is 1.96 bits per heavy atom. The summed E-state index contributed by atoms with van der Waals surface area (Å²) in [6.07, 6.45) is 2.06. The number of nitrogens with zero attached hydrogens (tertiary/aromatic N) is 2. The van der Waals surface area contributed by atoms with Gasteiger partial charge in [-0.3, -0.25) is 4.79 Å². The van der Waals surface area contributed by atoms with Gasteiger partial charge in [0.15, 0.2) is 5.96 Å². The van der Waals surface area contributed by atoms with Crippen LogP contribution >= 0.6 is 11.3 Å². The second-order valence-corrected chi connectivity index (χ2v) is 7.12. The summed E-state index contributed by atoms with van der Waals surface area (Å²) in [5.74, 6) is 1.16. The number of hydrogen-bond acceptors (Lipinski definition) is 4. The highest BCUT2D eigenvalue weighted by molar-refractivity contribution is 7.09. The summed E-state index contributed by atoms with van der Waals surface area (Å²) in [6, 6.07) is 10.2. The molecule has 0 saturated heterocycles. The molecule has 0 spiro atoms. The average molecular weight is 372 g/mol. The third-order valence-electron chi connectivity index (χ3n) is 4.00. The number of aliphatic imine (C=N–C) groups is 1. The number of rotatable bonds is 8. The monoisotopic (exact) mass is 371 g/mol. The standard InChI is InChI=1S/C19H25N5OS/c1-2-20-19(22-11-10-21-18(25)15-8-9-15)23-12-17-24-16(13-26-17)14-6-4-3-5-7-14/h3-7,13,15H,2,8-12H2,1H3,(H,21,25)(H2,20,22,23). The van der Waals surface area contributed by atoms with Crippen LogP contribution in [0, 0.1) is 5.92 Å². The molecule has 0 atom stereocenters. The van der Waals surface area contributed by atoms with Gasteiger partial charge >= 0.3 is 0 Å². The maximum absolute atomic E-state index is 11.6. The Labute approximate surface area is 158 Å². The minimum Gasteiger partial charge on any atom is -0.357 e. The van der Waals surface area contributed by atoms with E-state index < -0.39 is 0 Å². The fourth-order valence-corrected chi connectivity index (χ4v) is 3.20. The first-order chi connectivity index (χ1) is 12.8. The molecular weight excluding hydrogens is 346 g/mol. The first-order valence-corrected chi connectivity index (χ1v) is 9.94. The van der Waals surface area contributed by atoms with Gasteiger partial charge < -0.3 is 16.0 Å². The molecule has 26 heavy (non-hydrogen) atoms. The molecule has 1 aliphatic rings. The van der Waals surface area contributed by atoms with Crippen LogP contribution in [0.25, 0.3) is 11.3 Å². The summed E-state index contributed by atoms with van der Waals surface area (Å²) >= 11 is 1.62. The minimum absolute atomic E-state index is 0.171. The lowest BCUT2D eigenvalue weighted by atomic mass is 10.2. The van der Waals surface area contributed by atoms with Gasteiger partial charge in [0.2, 0.25) is 5.91 Å². The van der Waals surface area contributed by atoms with E-state index in [2.05, 4.69) is 43.4 Å². The van der Waals surface area contributed by atoms with Crippen molar-refractivity contribution >= 4 is 23.2 Å².